The van der Waals surface area contributed by atoms with Crippen molar-refractivity contribution in [3.05, 3.63) is 21.4 Å². The van der Waals surface area contributed by atoms with Crippen LogP contribution in [0.4, 0.5) is 0 Å². The minimum atomic E-state index is 0.556. The highest BCUT2D eigenvalue weighted by Crippen LogP contribution is 2.21. The lowest BCUT2D eigenvalue weighted by molar-refractivity contribution is -0.281. The van der Waals surface area contributed by atoms with E-state index in [4.69, 9.17) is 4.89 Å². The van der Waals surface area contributed by atoms with Gasteiger partial charge >= 0.3 is 0 Å². The van der Waals surface area contributed by atoms with Gasteiger partial charge in [0.05, 0.1) is 7.11 Å². The maximum Gasteiger partial charge on any atom is 0.117 e. The molecule has 1 heterocycles. The van der Waals surface area contributed by atoms with Crippen LogP contribution in [-0.4, -0.2) is 7.11 Å². The van der Waals surface area contributed by atoms with Crippen LogP contribution in [0.15, 0.2) is 6.07 Å². The van der Waals surface area contributed by atoms with Crippen LogP contribution in [0.2, 0.25) is 0 Å². The summed E-state index contributed by atoms with van der Waals surface area (Å²) in [6, 6.07) is 2.15. The second-order valence-corrected chi connectivity index (χ2v) is 3.73. The number of thiophene rings is 1. The SMILES string of the molecule is COOCc1sc(C)cc1C. The normalized spacial score (nSPS) is 10.5. The third kappa shape index (κ3) is 2.29. The molecule has 0 fully saturated rings. The first-order valence-electron chi connectivity index (χ1n) is 3.45. The van der Waals surface area contributed by atoms with E-state index < -0.39 is 0 Å². The molecule has 1 rings (SSSR count). The summed E-state index contributed by atoms with van der Waals surface area (Å²) in [5, 5.41) is 0. The zero-order chi connectivity index (χ0) is 8.27. The van der Waals surface area contributed by atoms with Crippen LogP contribution in [0.3, 0.4) is 0 Å². The Bertz CT molecular complexity index is 230. The van der Waals surface area contributed by atoms with E-state index >= 15 is 0 Å². The van der Waals surface area contributed by atoms with Gasteiger partial charge in [0.15, 0.2) is 0 Å². The third-order valence-corrected chi connectivity index (χ3v) is 2.58. The van der Waals surface area contributed by atoms with Gasteiger partial charge < -0.3 is 0 Å². The predicted octanol–water partition coefficient (Wildman–Crippen LogP) is 2.44. The molecule has 0 aliphatic carbocycles. The molecule has 0 unspecified atom stereocenters. The summed E-state index contributed by atoms with van der Waals surface area (Å²) in [6.45, 7) is 4.73. The Balaban J connectivity index is 2.62. The van der Waals surface area contributed by atoms with Gasteiger partial charge in [0.1, 0.15) is 6.61 Å². The predicted molar refractivity (Wildman–Crippen MR) is 45.6 cm³/mol. The van der Waals surface area contributed by atoms with E-state index in [1.807, 2.05) is 0 Å². The molecule has 0 spiro atoms. The molecule has 1 aromatic rings. The molecule has 0 aliphatic rings. The summed E-state index contributed by atoms with van der Waals surface area (Å²) < 4.78 is 0. The van der Waals surface area contributed by atoms with E-state index in [0.29, 0.717) is 6.61 Å². The van der Waals surface area contributed by atoms with E-state index in [0.717, 1.165) is 0 Å². The first kappa shape index (κ1) is 8.71. The van der Waals surface area contributed by atoms with E-state index in [-0.39, 0.29) is 0 Å². The summed E-state index contributed by atoms with van der Waals surface area (Å²) in [7, 11) is 1.52. The van der Waals surface area contributed by atoms with Crippen molar-refractivity contribution in [1.29, 1.82) is 0 Å². The second-order valence-electron chi connectivity index (χ2n) is 2.39. The van der Waals surface area contributed by atoms with E-state index in [1.54, 1.807) is 11.3 Å². The van der Waals surface area contributed by atoms with Crippen LogP contribution in [0.5, 0.6) is 0 Å². The van der Waals surface area contributed by atoms with Gasteiger partial charge in [-0.3, -0.25) is 0 Å². The zero-order valence-corrected chi connectivity index (χ0v) is 7.83. The fraction of sp³-hybridized carbons (Fsp3) is 0.500. The van der Waals surface area contributed by atoms with Gasteiger partial charge in [-0.25, -0.2) is 9.78 Å². The van der Waals surface area contributed by atoms with Crippen molar-refractivity contribution in [2.45, 2.75) is 20.5 Å². The Hall–Kier alpha value is -0.380. The highest BCUT2D eigenvalue weighted by Gasteiger charge is 2.01. The van der Waals surface area contributed by atoms with Crippen molar-refractivity contribution in [3.8, 4) is 0 Å². The topological polar surface area (TPSA) is 18.5 Å². The Morgan fingerprint density at radius 3 is 2.64 bits per heavy atom. The minimum Gasteiger partial charge on any atom is -0.240 e. The molecule has 11 heavy (non-hydrogen) atoms. The maximum atomic E-state index is 4.82. The molecule has 62 valence electrons. The fourth-order valence-corrected chi connectivity index (χ4v) is 1.90. The number of hydrogen-bond acceptors (Lipinski definition) is 3. The number of hydrogen-bond donors (Lipinski definition) is 0. The van der Waals surface area contributed by atoms with Gasteiger partial charge in [0.25, 0.3) is 0 Å². The smallest absolute Gasteiger partial charge is 0.117 e. The fourth-order valence-electron chi connectivity index (χ4n) is 0.945. The molecule has 1 aromatic heterocycles. The van der Waals surface area contributed by atoms with E-state index in [2.05, 4.69) is 24.8 Å². The Labute approximate surface area is 70.7 Å². The first-order valence-corrected chi connectivity index (χ1v) is 4.27. The van der Waals surface area contributed by atoms with Gasteiger partial charge in [-0.05, 0) is 25.5 Å². The highest BCUT2D eigenvalue weighted by molar-refractivity contribution is 7.12. The number of rotatable bonds is 3. The second kappa shape index (κ2) is 3.85. The van der Waals surface area contributed by atoms with Gasteiger partial charge in [0, 0.05) is 9.75 Å². The lowest BCUT2D eigenvalue weighted by Gasteiger charge is -1.97. The molecular formula is C8H12O2S. The first-order chi connectivity index (χ1) is 5.24. The highest BCUT2D eigenvalue weighted by atomic mass is 32.1. The molecule has 0 amide bonds. The standard InChI is InChI=1S/C8H12O2S/c1-6-4-7(2)11-8(6)5-10-9-3/h4H,5H2,1-3H3. The summed E-state index contributed by atoms with van der Waals surface area (Å²) in [5.74, 6) is 0. The Kier molecular flexibility index (Phi) is 3.05. The summed E-state index contributed by atoms with van der Waals surface area (Å²) in [5.41, 5.74) is 1.28. The Morgan fingerprint density at radius 1 is 1.45 bits per heavy atom. The van der Waals surface area contributed by atoms with Gasteiger partial charge in [0.2, 0.25) is 0 Å². The molecule has 0 atom stereocenters. The molecule has 0 saturated carbocycles. The van der Waals surface area contributed by atoms with Gasteiger partial charge in [-0.1, -0.05) is 0 Å². The largest absolute Gasteiger partial charge is 0.240 e. The molecule has 2 nitrogen and oxygen atoms in total. The van der Waals surface area contributed by atoms with Crippen molar-refractivity contribution >= 4 is 11.3 Å². The number of aryl methyl sites for hydroxylation is 2. The van der Waals surface area contributed by atoms with Crippen LogP contribution in [-0.2, 0) is 16.4 Å². The monoisotopic (exact) mass is 172 g/mol. The zero-order valence-electron chi connectivity index (χ0n) is 7.01. The average molecular weight is 172 g/mol. The molecule has 3 heteroatoms. The third-order valence-electron chi connectivity index (χ3n) is 1.45. The van der Waals surface area contributed by atoms with E-state index in [1.165, 1.54) is 22.4 Å². The molecule has 0 saturated heterocycles. The average Bonchev–Trinajstić information content (AvgIpc) is 2.26. The van der Waals surface area contributed by atoms with E-state index in [9.17, 15) is 0 Å². The van der Waals surface area contributed by atoms with Crippen molar-refractivity contribution in [1.82, 2.24) is 0 Å². The molecule has 0 N–H and O–H groups in total. The van der Waals surface area contributed by atoms with Crippen molar-refractivity contribution in [2.24, 2.45) is 0 Å². The van der Waals surface area contributed by atoms with Gasteiger partial charge in [-0.2, -0.15) is 0 Å². The van der Waals surface area contributed by atoms with Crippen molar-refractivity contribution < 1.29 is 9.78 Å². The molecule has 0 bridgehead atoms. The molecule has 0 aromatic carbocycles. The van der Waals surface area contributed by atoms with Gasteiger partial charge in [-0.15, -0.1) is 11.3 Å². The van der Waals surface area contributed by atoms with Crippen molar-refractivity contribution in [3.63, 3.8) is 0 Å². The van der Waals surface area contributed by atoms with Crippen LogP contribution < -0.4 is 0 Å². The van der Waals surface area contributed by atoms with Crippen molar-refractivity contribution in [2.75, 3.05) is 7.11 Å². The summed E-state index contributed by atoms with van der Waals surface area (Å²) in [4.78, 5) is 11.9. The summed E-state index contributed by atoms with van der Waals surface area (Å²) in [6.07, 6.45) is 0. The Morgan fingerprint density at radius 2 is 2.18 bits per heavy atom. The van der Waals surface area contributed by atoms with Crippen LogP contribution in [0, 0.1) is 13.8 Å². The quantitative estimate of drug-likeness (QED) is 0.515. The molecular weight excluding hydrogens is 160 g/mol. The van der Waals surface area contributed by atoms with Crippen LogP contribution >= 0.6 is 11.3 Å². The minimum absolute atomic E-state index is 0.556. The molecule has 0 radical (unpaired) electrons. The maximum absolute atomic E-state index is 4.82. The lowest BCUT2D eigenvalue weighted by Crippen LogP contribution is -1.89. The lowest BCUT2D eigenvalue weighted by atomic mass is 10.3. The van der Waals surface area contributed by atoms with Crippen LogP contribution in [0.1, 0.15) is 15.3 Å². The molecule has 0 aliphatic heterocycles. The van der Waals surface area contributed by atoms with Crippen LogP contribution in [0.25, 0.3) is 0 Å². The summed E-state index contributed by atoms with van der Waals surface area (Å²) >= 11 is 1.75.